The summed E-state index contributed by atoms with van der Waals surface area (Å²) in [7, 11) is 0. The first kappa shape index (κ1) is 17.0. The van der Waals surface area contributed by atoms with E-state index in [0.29, 0.717) is 16.0 Å². The molecule has 0 radical (unpaired) electrons. The van der Waals surface area contributed by atoms with E-state index >= 15 is 0 Å². The van der Waals surface area contributed by atoms with Crippen LogP contribution in [0.5, 0.6) is 0 Å². The minimum Gasteiger partial charge on any atom is -0.450 e. The first-order valence-electron chi connectivity index (χ1n) is 7.73. The molecule has 3 rings (SSSR count). The predicted molar refractivity (Wildman–Crippen MR) is 94.5 cm³/mol. The second-order valence-corrected chi connectivity index (χ2v) is 6.01. The summed E-state index contributed by atoms with van der Waals surface area (Å²) in [5, 5.41) is 4.01. The minimum absolute atomic E-state index is 0.0289. The van der Waals surface area contributed by atoms with Gasteiger partial charge < -0.3 is 14.5 Å². The molecule has 3 aromatic rings. The third-order valence-electron chi connectivity index (χ3n) is 3.69. The van der Waals surface area contributed by atoms with Crippen molar-refractivity contribution in [1.29, 1.82) is 0 Å². The minimum atomic E-state index is -0.699. The van der Waals surface area contributed by atoms with Crippen molar-refractivity contribution < 1.29 is 18.7 Å². The number of benzene rings is 2. The molecule has 0 saturated heterocycles. The Balaban J connectivity index is 1.56. The molecule has 0 aliphatic carbocycles. The lowest BCUT2D eigenvalue weighted by Crippen LogP contribution is -2.31. The average Bonchev–Trinajstić information content (AvgIpc) is 3.03. The molecule has 0 saturated carbocycles. The Morgan fingerprint density at radius 3 is 2.68 bits per heavy atom. The zero-order valence-corrected chi connectivity index (χ0v) is 14.2. The number of amides is 1. The maximum atomic E-state index is 12.0. The monoisotopic (exact) mass is 357 g/mol. The van der Waals surface area contributed by atoms with Crippen molar-refractivity contribution in [3.05, 3.63) is 70.9 Å². The number of carbonyl (C=O) groups is 2. The summed E-state index contributed by atoms with van der Waals surface area (Å²) in [5.74, 6) is -1.06. The molecule has 0 bridgehead atoms. The summed E-state index contributed by atoms with van der Waals surface area (Å²) in [4.78, 5) is 24.0. The molecule has 25 heavy (non-hydrogen) atoms. The van der Waals surface area contributed by atoms with E-state index in [1.165, 1.54) is 6.07 Å². The molecule has 0 unspecified atom stereocenters. The normalized spacial score (nSPS) is 11.9. The predicted octanol–water partition coefficient (Wildman–Crippen LogP) is 4.12. The van der Waals surface area contributed by atoms with E-state index in [4.69, 9.17) is 20.8 Å². The molecule has 6 heteroatoms. The van der Waals surface area contributed by atoms with Crippen molar-refractivity contribution in [2.24, 2.45) is 0 Å². The van der Waals surface area contributed by atoms with Crippen molar-refractivity contribution in [3.8, 4) is 0 Å². The van der Waals surface area contributed by atoms with Crippen LogP contribution in [0, 0.1) is 0 Å². The van der Waals surface area contributed by atoms with E-state index in [9.17, 15) is 9.59 Å². The lowest BCUT2D eigenvalue weighted by atomic mass is 10.1. The Hall–Kier alpha value is -2.79. The van der Waals surface area contributed by atoms with E-state index in [2.05, 4.69) is 5.32 Å². The lowest BCUT2D eigenvalue weighted by molar-refractivity contribution is -0.124. The number of halogens is 1. The summed E-state index contributed by atoms with van der Waals surface area (Å²) in [5.41, 5.74) is 1.50. The zero-order chi connectivity index (χ0) is 17.8. The number of hydrogen-bond donors (Lipinski definition) is 1. The smallest absolute Gasteiger partial charge is 0.374 e. The zero-order valence-electron chi connectivity index (χ0n) is 13.5. The highest BCUT2D eigenvalue weighted by Gasteiger charge is 2.16. The average molecular weight is 358 g/mol. The Bertz CT molecular complexity index is 904. The van der Waals surface area contributed by atoms with Crippen molar-refractivity contribution >= 4 is 34.4 Å². The van der Waals surface area contributed by atoms with Crippen molar-refractivity contribution in [3.63, 3.8) is 0 Å². The standard InChI is InChI=1S/C19H16ClNO4/c1-12(13-5-3-2-4-6-13)21-18(22)11-24-19(23)17-10-14-9-15(20)7-8-16(14)25-17/h2-10,12H,11H2,1H3,(H,21,22)/t12-/m0/s1. The van der Waals surface area contributed by atoms with Gasteiger partial charge in [-0.25, -0.2) is 4.79 Å². The molecular formula is C19H16ClNO4. The van der Waals surface area contributed by atoms with Crippen LogP contribution >= 0.6 is 11.6 Å². The van der Waals surface area contributed by atoms with Crippen LogP contribution in [-0.2, 0) is 9.53 Å². The molecule has 1 heterocycles. The maximum Gasteiger partial charge on any atom is 0.374 e. The molecule has 2 aromatic carbocycles. The van der Waals surface area contributed by atoms with Gasteiger partial charge in [0.2, 0.25) is 5.76 Å². The molecule has 0 aliphatic rings. The SMILES string of the molecule is C[C@H](NC(=O)COC(=O)c1cc2cc(Cl)ccc2o1)c1ccccc1. The molecule has 1 aromatic heterocycles. The van der Waals surface area contributed by atoms with E-state index in [0.717, 1.165) is 5.56 Å². The summed E-state index contributed by atoms with van der Waals surface area (Å²) < 4.78 is 10.4. The summed E-state index contributed by atoms with van der Waals surface area (Å²) >= 11 is 5.90. The highest BCUT2D eigenvalue weighted by Crippen LogP contribution is 2.23. The van der Waals surface area contributed by atoms with Gasteiger partial charge in [-0.05, 0) is 36.8 Å². The highest BCUT2D eigenvalue weighted by atomic mass is 35.5. The van der Waals surface area contributed by atoms with Crippen molar-refractivity contribution in [2.75, 3.05) is 6.61 Å². The number of furan rings is 1. The molecule has 128 valence electrons. The Morgan fingerprint density at radius 1 is 1.16 bits per heavy atom. The van der Waals surface area contributed by atoms with E-state index in [1.807, 2.05) is 37.3 Å². The molecule has 0 fully saturated rings. The number of carbonyl (C=O) groups excluding carboxylic acids is 2. The number of hydrogen-bond acceptors (Lipinski definition) is 4. The first-order valence-corrected chi connectivity index (χ1v) is 8.11. The Kier molecular flexibility index (Phi) is 5.05. The van der Waals surface area contributed by atoms with Crippen LogP contribution in [0.1, 0.15) is 29.1 Å². The van der Waals surface area contributed by atoms with Crippen LogP contribution in [-0.4, -0.2) is 18.5 Å². The topological polar surface area (TPSA) is 68.5 Å². The van der Waals surface area contributed by atoms with Gasteiger partial charge in [-0.1, -0.05) is 41.9 Å². The molecule has 1 amide bonds. The second kappa shape index (κ2) is 7.40. The second-order valence-electron chi connectivity index (χ2n) is 5.57. The van der Waals surface area contributed by atoms with Gasteiger partial charge in [0.15, 0.2) is 6.61 Å². The Labute approximate surface area is 149 Å². The summed E-state index contributed by atoms with van der Waals surface area (Å²) in [6.07, 6.45) is 0. The van der Waals surface area contributed by atoms with Crippen LogP contribution in [0.3, 0.4) is 0 Å². The molecule has 5 nitrogen and oxygen atoms in total. The van der Waals surface area contributed by atoms with Gasteiger partial charge in [0.1, 0.15) is 5.58 Å². The molecular weight excluding hydrogens is 342 g/mol. The van der Waals surface area contributed by atoms with E-state index in [-0.39, 0.29) is 24.3 Å². The van der Waals surface area contributed by atoms with Gasteiger partial charge in [0.05, 0.1) is 6.04 Å². The first-order chi connectivity index (χ1) is 12.0. The third kappa shape index (κ3) is 4.19. The molecule has 1 atom stereocenters. The van der Waals surface area contributed by atoms with Crippen LogP contribution < -0.4 is 5.32 Å². The Morgan fingerprint density at radius 2 is 1.92 bits per heavy atom. The fourth-order valence-electron chi connectivity index (χ4n) is 2.43. The number of fused-ring (bicyclic) bond motifs is 1. The van der Waals surface area contributed by atoms with Crippen molar-refractivity contribution in [1.82, 2.24) is 5.32 Å². The lowest BCUT2D eigenvalue weighted by Gasteiger charge is -2.14. The maximum absolute atomic E-state index is 12.0. The van der Waals surface area contributed by atoms with Crippen LogP contribution in [0.25, 0.3) is 11.0 Å². The molecule has 0 spiro atoms. The number of rotatable bonds is 5. The van der Waals surface area contributed by atoms with Gasteiger partial charge in [0.25, 0.3) is 5.91 Å². The van der Waals surface area contributed by atoms with Crippen LogP contribution in [0.15, 0.2) is 59.0 Å². The van der Waals surface area contributed by atoms with Gasteiger partial charge in [-0.2, -0.15) is 0 Å². The molecule has 1 N–H and O–H groups in total. The number of nitrogens with one attached hydrogen (secondary N) is 1. The molecule has 0 aliphatic heterocycles. The van der Waals surface area contributed by atoms with Gasteiger partial charge in [-0.15, -0.1) is 0 Å². The van der Waals surface area contributed by atoms with Gasteiger partial charge in [-0.3, -0.25) is 4.79 Å². The van der Waals surface area contributed by atoms with Gasteiger partial charge in [0, 0.05) is 10.4 Å². The fraction of sp³-hybridized carbons (Fsp3) is 0.158. The van der Waals surface area contributed by atoms with Gasteiger partial charge >= 0.3 is 5.97 Å². The van der Waals surface area contributed by atoms with Crippen LogP contribution in [0.2, 0.25) is 5.02 Å². The van der Waals surface area contributed by atoms with E-state index < -0.39 is 5.97 Å². The van der Waals surface area contributed by atoms with Crippen molar-refractivity contribution in [2.45, 2.75) is 13.0 Å². The fourth-order valence-corrected chi connectivity index (χ4v) is 2.61. The highest BCUT2D eigenvalue weighted by molar-refractivity contribution is 6.31. The third-order valence-corrected chi connectivity index (χ3v) is 3.93. The van der Waals surface area contributed by atoms with Crippen LogP contribution in [0.4, 0.5) is 0 Å². The number of esters is 1. The summed E-state index contributed by atoms with van der Waals surface area (Å²) in [6, 6.07) is 15.9. The van der Waals surface area contributed by atoms with E-state index in [1.54, 1.807) is 18.2 Å². The largest absolute Gasteiger partial charge is 0.450 e. The quantitative estimate of drug-likeness (QED) is 0.697. The number of ether oxygens (including phenoxy) is 1. The summed E-state index contributed by atoms with van der Waals surface area (Å²) in [6.45, 7) is 1.48.